The van der Waals surface area contributed by atoms with Crippen molar-refractivity contribution < 1.29 is 17.4 Å². The monoisotopic (exact) mass is 504 g/mol. The van der Waals surface area contributed by atoms with Gasteiger partial charge in [-0.15, -0.1) is 0 Å². The van der Waals surface area contributed by atoms with Gasteiger partial charge in [0.05, 0.1) is 32.0 Å². The second kappa shape index (κ2) is 10.8. The van der Waals surface area contributed by atoms with Crippen molar-refractivity contribution >= 4 is 32.2 Å². The van der Waals surface area contributed by atoms with Gasteiger partial charge in [0.2, 0.25) is 0 Å². The molecule has 0 radical (unpaired) electrons. The Bertz CT molecular complexity index is 1110. The number of rotatable bonds is 8. The topological polar surface area (TPSA) is 66.9 Å². The third-order valence-electron chi connectivity index (χ3n) is 6.63. The largest absolute Gasteiger partial charge is 0.381 e. The molecule has 2 aromatic carbocycles. The van der Waals surface area contributed by atoms with Crippen molar-refractivity contribution in [3.8, 4) is 0 Å². The Morgan fingerprint density at radius 1 is 1.12 bits per heavy atom. The first-order valence-corrected chi connectivity index (χ1v) is 15.0. The standard InChI is InChI=1S/C26H36N2O4S2/c1-4-21-5-7-23(8-6-21)28(18-20(2)3)34(30,31)24-9-10-25-26(17-24)33(29)16-13-27(25)19-22-11-14-32-15-12-22/h5-10,17,20,22H,4,11-16,18-19H2,1-3H3. The van der Waals surface area contributed by atoms with Gasteiger partial charge in [0.1, 0.15) is 0 Å². The minimum absolute atomic E-state index is 0.155. The van der Waals surface area contributed by atoms with Crippen LogP contribution in [0.15, 0.2) is 52.3 Å². The zero-order valence-electron chi connectivity index (χ0n) is 20.4. The summed E-state index contributed by atoms with van der Waals surface area (Å²) in [4.78, 5) is 3.11. The van der Waals surface area contributed by atoms with Crippen molar-refractivity contribution in [2.75, 3.05) is 47.8 Å². The minimum Gasteiger partial charge on any atom is -0.381 e. The maximum atomic E-state index is 13.8. The maximum absolute atomic E-state index is 13.8. The lowest BCUT2D eigenvalue weighted by atomic mass is 9.99. The maximum Gasteiger partial charge on any atom is 0.264 e. The van der Waals surface area contributed by atoms with E-state index >= 15 is 0 Å². The summed E-state index contributed by atoms with van der Waals surface area (Å²) in [6.45, 7) is 9.69. The molecule has 0 aliphatic carbocycles. The second-order valence-corrected chi connectivity index (χ2v) is 13.0. The van der Waals surface area contributed by atoms with E-state index in [-0.39, 0.29) is 10.8 Å². The molecule has 8 heteroatoms. The van der Waals surface area contributed by atoms with Crippen molar-refractivity contribution in [2.45, 2.75) is 49.8 Å². The van der Waals surface area contributed by atoms with Crippen LogP contribution < -0.4 is 9.21 Å². The van der Waals surface area contributed by atoms with Gasteiger partial charge in [-0.2, -0.15) is 0 Å². The predicted molar refractivity (Wildman–Crippen MR) is 139 cm³/mol. The SMILES string of the molecule is CCc1ccc(N(CC(C)C)S(=O)(=O)c2ccc3c(c2)S(=O)CCN3CC2CCOCC2)cc1. The van der Waals surface area contributed by atoms with Crippen LogP contribution >= 0.6 is 0 Å². The molecule has 4 rings (SSSR count). The van der Waals surface area contributed by atoms with E-state index < -0.39 is 20.8 Å². The van der Waals surface area contributed by atoms with Gasteiger partial charge in [0.15, 0.2) is 0 Å². The van der Waals surface area contributed by atoms with Crippen molar-refractivity contribution in [3.63, 3.8) is 0 Å². The fraction of sp³-hybridized carbons (Fsp3) is 0.538. The molecule has 1 fully saturated rings. The number of aryl methyl sites for hydroxylation is 1. The van der Waals surface area contributed by atoms with E-state index in [0.717, 1.165) is 51.3 Å². The zero-order chi connectivity index (χ0) is 24.3. The molecule has 6 nitrogen and oxygen atoms in total. The summed E-state index contributed by atoms with van der Waals surface area (Å²) in [5.41, 5.74) is 2.73. The normalized spacial score (nSPS) is 19.3. The minimum atomic E-state index is -3.81. The summed E-state index contributed by atoms with van der Waals surface area (Å²) >= 11 is 0. The number of ether oxygens (including phenoxy) is 1. The molecule has 2 aliphatic heterocycles. The first-order chi connectivity index (χ1) is 16.3. The van der Waals surface area contributed by atoms with E-state index in [1.54, 1.807) is 12.1 Å². The Kier molecular flexibility index (Phi) is 8.00. The number of nitrogens with zero attached hydrogens (tertiary/aromatic N) is 2. The summed E-state index contributed by atoms with van der Waals surface area (Å²) in [6.07, 6.45) is 2.96. The number of fused-ring (bicyclic) bond motifs is 1. The number of sulfonamides is 1. The molecular weight excluding hydrogens is 468 g/mol. The molecule has 2 aromatic rings. The van der Waals surface area contributed by atoms with E-state index in [1.165, 1.54) is 9.87 Å². The smallest absolute Gasteiger partial charge is 0.264 e. The Hall–Kier alpha value is -1.90. The summed E-state index contributed by atoms with van der Waals surface area (Å²) < 4.78 is 47.6. The third kappa shape index (κ3) is 5.50. The van der Waals surface area contributed by atoms with Crippen LogP contribution in [0.5, 0.6) is 0 Å². The van der Waals surface area contributed by atoms with Crippen LogP contribution in [0, 0.1) is 11.8 Å². The highest BCUT2D eigenvalue weighted by Gasteiger charge is 2.30. The fourth-order valence-electron chi connectivity index (χ4n) is 4.65. The van der Waals surface area contributed by atoms with Crippen molar-refractivity contribution in [3.05, 3.63) is 48.0 Å². The number of anilines is 2. The highest BCUT2D eigenvalue weighted by molar-refractivity contribution is 7.93. The average Bonchev–Trinajstić information content (AvgIpc) is 2.84. The molecule has 2 heterocycles. The lowest BCUT2D eigenvalue weighted by molar-refractivity contribution is 0.0682. The molecule has 0 spiro atoms. The van der Waals surface area contributed by atoms with E-state index in [9.17, 15) is 12.6 Å². The predicted octanol–water partition coefficient (Wildman–Crippen LogP) is 4.45. The highest BCUT2D eigenvalue weighted by Crippen LogP contribution is 2.34. The van der Waals surface area contributed by atoms with E-state index in [0.29, 0.717) is 28.8 Å². The molecule has 186 valence electrons. The molecule has 1 saturated heterocycles. The van der Waals surface area contributed by atoms with Gasteiger partial charge < -0.3 is 9.64 Å². The Morgan fingerprint density at radius 2 is 1.82 bits per heavy atom. The van der Waals surface area contributed by atoms with Crippen molar-refractivity contribution in [2.24, 2.45) is 11.8 Å². The Morgan fingerprint density at radius 3 is 2.47 bits per heavy atom. The molecule has 1 unspecified atom stereocenters. The van der Waals surface area contributed by atoms with Crippen LogP contribution in [0.3, 0.4) is 0 Å². The Balaban J connectivity index is 1.66. The van der Waals surface area contributed by atoms with Crippen LogP contribution in [0.25, 0.3) is 0 Å². The van der Waals surface area contributed by atoms with Gasteiger partial charge in [-0.05, 0) is 67.0 Å². The number of benzene rings is 2. The highest BCUT2D eigenvalue weighted by atomic mass is 32.2. The van der Waals surface area contributed by atoms with Crippen LogP contribution in [0.4, 0.5) is 11.4 Å². The number of hydrogen-bond donors (Lipinski definition) is 0. The Labute approximate surface area is 206 Å². The summed E-state index contributed by atoms with van der Waals surface area (Å²) in [5.74, 6) is 1.22. The first-order valence-electron chi connectivity index (χ1n) is 12.3. The quantitative estimate of drug-likeness (QED) is 0.531. The summed E-state index contributed by atoms with van der Waals surface area (Å²) in [7, 11) is -5.02. The van der Waals surface area contributed by atoms with Crippen molar-refractivity contribution in [1.82, 2.24) is 0 Å². The van der Waals surface area contributed by atoms with Crippen LogP contribution in [-0.4, -0.2) is 51.2 Å². The first kappa shape index (κ1) is 25.2. The second-order valence-electron chi connectivity index (χ2n) is 9.63. The van der Waals surface area contributed by atoms with Gasteiger partial charge >= 0.3 is 0 Å². The molecule has 0 bridgehead atoms. The van der Waals surface area contributed by atoms with Gasteiger partial charge in [0, 0.05) is 38.6 Å². The zero-order valence-corrected chi connectivity index (χ0v) is 22.0. The van der Waals surface area contributed by atoms with E-state index in [2.05, 4.69) is 11.8 Å². The molecule has 0 saturated carbocycles. The van der Waals surface area contributed by atoms with E-state index in [1.807, 2.05) is 44.2 Å². The van der Waals surface area contributed by atoms with Crippen molar-refractivity contribution in [1.29, 1.82) is 0 Å². The fourth-order valence-corrected chi connectivity index (χ4v) is 7.68. The van der Waals surface area contributed by atoms with Gasteiger partial charge in [-0.25, -0.2) is 8.42 Å². The van der Waals surface area contributed by atoms with Crippen LogP contribution in [0.1, 0.15) is 39.2 Å². The van der Waals surface area contributed by atoms with E-state index in [4.69, 9.17) is 4.74 Å². The molecular formula is C26H36N2O4S2. The van der Waals surface area contributed by atoms with Crippen LogP contribution in [-0.2, 0) is 32.0 Å². The molecule has 0 amide bonds. The molecule has 0 N–H and O–H groups in total. The molecule has 2 aliphatic rings. The van der Waals surface area contributed by atoms with Crippen LogP contribution in [0.2, 0.25) is 0 Å². The molecule has 1 atom stereocenters. The lowest BCUT2D eigenvalue weighted by Crippen LogP contribution is -2.38. The molecule has 34 heavy (non-hydrogen) atoms. The van der Waals surface area contributed by atoms with Gasteiger partial charge in [-0.1, -0.05) is 32.9 Å². The van der Waals surface area contributed by atoms with Gasteiger partial charge in [0.25, 0.3) is 10.0 Å². The number of hydrogen-bond acceptors (Lipinski definition) is 5. The third-order valence-corrected chi connectivity index (χ3v) is 9.80. The lowest BCUT2D eigenvalue weighted by Gasteiger charge is -2.35. The molecule has 0 aromatic heterocycles. The summed E-state index contributed by atoms with van der Waals surface area (Å²) in [6, 6.07) is 12.9. The summed E-state index contributed by atoms with van der Waals surface area (Å²) in [5, 5.41) is 0. The average molecular weight is 505 g/mol. The van der Waals surface area contributed by atoms with Gasteiger partial charge in [-0.3, -0.25) is 8.51 Å².